The second-order valence-electron chi connectivity index (χ2n) is 5.67. The Morgan fingerprint density at radius 2 is 1.94 bits per heavy atom. The minimum absolute atomic E-state index is 0.397. The van der Waals surface area contributed by atoms with Crippen LogP contribution in [0.3, 0.4) is 0 Å². The first-order valence-electron chi connectivity index (χ1n) is 7.20. The molecule has 3 rings (SSSR count). The third-order valence-corrected chi connectivity index (χ3v) is 5.06. The third kappa shape index (κ3) is 2.51. The quantitative estimate of drug-likeness (QED) is 0.701. The van der Waals surface area contributed by atoms with Crippen molar-refractivity contribution in [1.29, 1.82) is 0 Å². The molecule has 18 heavy (non-hydrogen) atoms. The van der Waals surface area contributed by atoms with E-state index < -0.39 is 0 Å². The molecule has 3 unspecified atom stereocenters. The van der Waals surface area contributed by atoms with Crippen molar-refractivity contribution >= 4 is 11.6 Å². The number of hydrogen-bond donors (Lipinski definition) is 0. The van der Waals surface area contributed by atoms with Crippen molar-refractivity contribution in [1.82, 2.24) is 0 Å². The molecule has 0 radical (unpaired) electrons. The molecule has 1 aliphatic carbocycles. The van der Waals surface area contributed by atoms with Crippen LogP contribution in [0, 0.1) is 5.92 Å². The molecule has 1 fully saturated rings. The molecule has 0 bridgehead atoms. The molecular weight excluding hydrogens is 244 g/mol. The summed E-state index contributed by atoms with van der Waals surface area (Å²) in [4.78, 5) is 0. The summed E-state index contributed by atoms with van der Waals surface area (Å²) < 4.78 is 5.74. The maximum Gasteiger partial charge on any atom is 0.122 e. The second kappa shape index (κ2) is 5.52. The van der Waals surface area contributed by atoms with Crippen LogP contribution in [0.15, 0.2) is 24.3 Å². The smallest absolute Gasteiger partial charge is 0.122 e. The van der Waals surface area contributed by atoms with Crippen LogP contribution < -0.4 is 4.74 Å². The molecule has 1 nitrogen and oxygen atoms in total. The molecule has 1 aliphatic heterocycles. The van der Waals surface area contributed by atoms with Gasteiger partial charge in [0.25, 0.3) is 0 Å². The third-order valence-electron chi connectivity index (χ3n) is 4.49. The van der Waals surface area contributed by atoms with Gasteiger partial charge in [0.15, 0.2) is 0 Å². The first kappa shape index (κ1) is 12.3. The number of alkyl halides is 1. The van der Waals surface area contributed by atoms with Crippen LogP contribution >= 0.6 is 11.6 Å². The largest absolute Gasteiger partial charge is 0.493 e. The Morgan fingerprint density at radius 3 is 2.83 bits per heavy atom. The summed E-state index contributed by atoms with van der Waals surface area (Å²) in [5.41, 5.74) is 1.40. The van der Waals surface area contributed by atoms with E-state index in [-0.39, 0.29) is 0 Å². The van der Waals surface area contributed by atoms with Gasteiger partial charge in [-0.25, -0.2) is 0 Å². The highest BCUT2D eigenvalue weighted by atomic mass is 35.5. The van der Waals surface area contributed by atoms with Gasteiger partial charge in [0, 0.05) is 5.38 Å². The standard InChI is InChI=1S/C16H21ClO/c17-15-7-3-1-5-13(15)11-12-9-10-18-16-8-4-2-6-14(12)16/h2,4,6,8,12-13,15H,1,3,5,7,9-11H2. The maximum absolute atomic E-state index is 6.50. The summed E-state index contributed by atoms with van der Waals surface area (Å²) in [7, 11) is 0. The van der Waals surface area contributed by atoms with Crippen LogP contribution in [0.25, 0.3) is 0 Å². The molecular formula is C16H21ClO. The van der Waals surface area contributed by atoms with E-state index in [2.05, 4.69) is 24.3 Å². The highest BCUT2D eigenvalue weighted by Crippen LogP contribution is 2.41. The van der Waals surface area contributed by atoms with Crippen molar-refractivity contribution in [3.8, 4) is 5.75 Å². The van der Waals surface area contributed by atoms with Gasteiger partial charge in [-0.15, -0.1) is 11.6 Å². The summed E-state index contributed by atoms with van der Waals surface area (Å²) in [5, 5.41) is 0.397. The normalized spacial score (nSPS) is 31.5. The van der Waals surface area contributed by atoms with Crippen molar-refractivity contribution < 1.29 is 4.74 Å². The molecule has 2 heteroatoms. The molecule has 1 heterocycles. The highest BCUT2D eigenvalue weighted by molar-refractivity contribution is 6.20. The van der Waals surface area contributed by atoms with Gasteiger partial charge in [-0.3, -0.25) is 0 Å². The number of ether oxygens (including phenoxy) is 1. The van der Waals surface area contributed by atoms with Crippen LogP contribution in [0.2, 0.25) is 0 Å². The van der Waals surface area contributed by atoms with Gasteiger partial charge in [0.1, 0.15) is 5.75 Å². The minimum Gasteiger partial charge on any atom is -0.493 e. The SMILES string of the molecule is ClC1CCCCC1CC1CCOc2ccccc21. The predicted molar refractivity (Wildman–Crippen MR) is 75.5 cm³/mol. The Kier molecular flexibility index (Phi) is 3.79. The lowest BCUT2D eigenvalue weighted by Crippen LogP contribution is -2.24. The molecule has 3 atom stereocenters. The van der Waals surface area contributed by atoms with E-state index in [1.165, 1.54) is 37.7 Å². The van der Waals surface area contributed by atoms with Crippen molar-refractivity contribution in [3.05, 3.63) is 29.8 Å². The average molecular weight is 265 g/mol. The van der Waals surface area contributed by atoms with E-state index in [1.54, 1.807) is 0 Å². The number of benzene rings is 1. The maximum atomic E-state index is 6.50. The van der Waals surface area contributed by atoms with E-state index in [9.17, 15) is 0 Å². The molecule has 1 aromatic carbocycles. The molecule has 1 aromatic rings. The Morgan fingerprint density at radius 1 is 1.11 bits per heavy atom. The molecule has 98 valence electrons. The van der Waals surface area contributed by atoms with Gasteiger partial charge in [0.2, 0.25) is 0 Å². The monoisotopic (exact) mass is 264 g/mol. The van der Waals surface area contributed by atoms with E-state index >= 15 is 0 Å². The Hall–Kier alpha value is -0.690. The summed E-state index contributed by atoms with van der Waals surface area (Å²) in [6.07, 6.45) is 7.59. The number of para-hydroxylation sites is 1. The number of fused-ring (bicyclic) bond motifs is 1. The minimum atomic E-state index is 0.397. The zero-order valence-corrected chi connectivity index (χ0v) is 11.5. The molecule has 0 spiro atoms. The molecule has 0 aromatic heterocycles. The Labute approximate surface area is 114 Å². The van der Waals surface area contributed by atoms with Crippen molar-refractivity contribution in [2.24, 2.45) is 5.92 Å². The fourth-order valence-electron chi connectivity index (χ4n) is 3.45. The lowest BCUT2D eigenvalue weighted by Gasteiger charge is -2.33. The Balaban J connectivity index is 1.73. The van der Waals surface area contributed by atoms with Crippen molar-refractivity contribution in [2.75, 3.05) is 6.61 Å². The number of halogens is 1. The topological polar surface area (TPSA) is 9.23 Å². The summed E-state index contributed by atoms with van der Waals surface area (Å²) >= 11 is 6.50. The van der Waals surface area contributed by atoms with Gasteiger partial charge in [-0.2, -0.15) is 0 Å². The van der Waals surface area contributed by atoms with Crippen LogP contribution in [0.5, 0.6) is 5.75 Å². The summed E-state index contributed by atoms with van der Waals surface area (Å²) in [5.74, 6) is 2.45. The van der Waals surface area contributed by atoms with Crippen LogP contribution in [-0.4, -0.2) is 12.0 Å². The van der Waals surface area contributed by atoms with Crippen LogP contribution in [0.4, 0.5) is 0 Å². The van der Waals surface area contributed by atoms with Gasteiger partial charge < -0.3 is 4.74 Å². The second-order valence-corrected chi connectivity index (χ2v) is 6.23. The fourth-order valence-corrected chi connectivity index (χ4v) is 3.84. The van der Waals surface area contributed by atoms with Gasteiger partial charge in [-0.1, -0.05) is 31.0 Å². The fraction of sp³-hybridized carbons (Fsp3) is 0.625. The molecule has 2 aliphatic rings. The van der Waals surface area contributed by atoms with E-state index in [0.29, 0.717) is 17.2 Å². The van der Waals surface area contributed by atoms with E-state index in [1.807, 2.05) is 0 Å². The van der Waals surface area contributed by atoms with Crippen molar-refractivity contribution in [3.63, 3.8) is 0 Å². The van der Waals surface area contributed by atoms with Gasteiger partial charge in [0.05, 0.1) is 6.61 Å². The molecule has 0 N–H and O–H groups in total. The van der Waals surface area contributed by atoms with Gasteiger partial charge in [-0.05, 0) is 49.1 Å². The summed E-state index contributed by atoms with van der Waals surface area (Å²) in [6.45, 7) is 0.862. The Bertz CT molecular complexity index is 404. The van der Waals surface area contributed by atoms with Crippen molar-refractivity contribution in [2.45, 2.75) is 49.8 Å². The van der Waals surface area contributed by atoms with Crippen LogP contribution in [0.1, 0.15) is 50.0 Å². The lowest BCUT2D eigenvalue weighted by molar-refractivity contribution is 0.238. The zero-order chi connectivity index (χ0) is 12.4. The summed E-state index contributed by atoms with van der Waals surface area (Å²) in [6, 6.07) is 8.51. The van der Waals surface area contributed by atoms with E-state index in [0.717, 1.165) is 18.8 Å². The molecule has 1 saturated carbocycles. The van der Waals surface area contributed by atoms with E-state index in [4.69, 9.17) is 16.3 Å². The first-order chi connectivity index (χ1) is 8.84. The predicted octanol–water partition coefficient (Wildman–Crippen LogP) is 4.74. The van der Waals surface area contributed by atoms with Gasteiger partial charge >= 0.3 is 0 Å². The number of rotatable bonds is 2. The molecule has 0 saturated heterocycles. The average Bonchev–Trinajstić information content (AvgIpc) is 2.42. The highest BCUT2D eigenvalue weighted by Gasteiger charge is 2.29. The first-order valence-corrected chi connectivity index (χ1v) is 7.64. The number of hydrogen-bond acceptors (Lipinski definition) is 1. The van der Waals surface area contributed by atoms with Crippen LogP contribution in [-0.2, 0) is 0 Å². The lowest BCUT2D eigenvalue weighted by atomic mass is 9.78. The molecule has 0 amide bonds. The zero-order valence-electron chi connectivity index (χ0n) is 10.8.